The Kier molecular flexibility index (Phi) is 8.03. The minimum absolute atomic E-state index is 0.0864. The first kappa shape index (κ1) is 31.7. The highest BCUT2D eigenvalue weighted by molar-refractivity contribution is 8.00. The van der Waals surface area contributed by atoms with Crippen LogP contribution in [0.25, 0.3) is 0 Å². The summed E-state index contributed by atoms with van der Waals surface area (Å²) < 4.78 is 31.2. The maximum Gasteiger partial charge on any atom is 0.185 e. The lowest BCUT2D eigenvalue weighted by molar-refractivity contribution is -0.243. The Hall–Kier alpha value is -1.85. The van der Waals surface area contributed by atoms with Crippen LogP contribution < -0.4 is 5.73 Å². The van der Waals surface area contributed by atoms with Crippen molar-refractivity contribution in [3.05, 3.63) is 83.5 Å². The van der Waals surface area contributed by atoms with E-state index < -0.39 is 52.0 Å². The van der Waals surface area contributed by atoms with Crippen molar-refractivity contribution in [3.8, 4) is 0 Å². The number of nitrogen functional groups attached to an aromatic ring is 1. The Morgan fingerprint density at radius 3 is 2.58 bits per heavy atom. The van der Waals surface area contributed by atoms with Gasteiger partial charge in [0, 0.05) is 38.6 Å². The summed E-state index contributed by atoms with van der Waals surface area (Å²) in [6, 6.07) is 15.9. The molecule has 0 radical (unpaired) electrons. The lowest BCUT2D eigenvalue weighted by Crippen LogP contribution is -2.69. The number of halogens is 2. The number of ether oxygens (including phenoxy) is 2. The Bertz CT molecular complexity index is 1540. The van der Waals surface area contributed by atoms with Crippen LogP contribution in [0.15, 0.2) is 77.2 Å². The number of hydrogen-bond acceptors (Lipinski definition) is 8. The molecule has 4 aliphatic carbocycles. The van der Waals surface area contributed by atoms with Gasteiger partial charge in [0.25, 0.3) is 0 Å². The molecular weight excluding hydrogens is 633 g/mol. The number of alkyl halides is 2. The number of anilines is 1. The van der Waals surface area contributed by atoms with Crippen molar-refractivity contribution >= 4 is 46.6 Å². The summed E-state index contributed by atoms with van der Waals surface area (Å²) >= 11 is 9.05. The number of aliphatic hydroxyl groups is 2. The van der Waals surface area contributed by atoms with Gasteiger partial charge in [0.1, 0.15) is 11.0 Å². The minimum atomic E-state index is -1.97. The maximum absolute atomic E-state index is 17.7. The second-order valence-electron chi connectivity index (χ2n) is 13.6. The highest BCUT2D eigenvalue weighted by atomic mass is 35.5. The molecule has 6 nitrogen and oxygen atoms in total. The fourth-order valence-electron chi connectivity index (χ4n) is 9.27. The van der Waals surface area contributed by atoms with Crippen LogP contribution in [0.1, 0.15) is 56.9 Å². The molecule has 5 aliphatic rings. The highest BCUT2D eigenvalue weighted by Crippen LogP contribution is 2.73. The summed E-state index contributed by atoms with van der Waals surface area (Å²) in [5.74, 6) is -0.0844. The molecule has 10 heteroatoms. The second kappa shape index (κ2) is 11.4. The van der Waals surface area contributed by atoms with Crippen molar-refractivity contribution in [2.75, 3.05) is 10.9 Å². The molecule has 3 saturated carbocycles. The van der Waals surface area contributed by atoms with E-state index in [9.17, 15) is 15.0 Å². The Morgan fingerprint density at radius 1 is 1.13 bits per heavy atom. The van der Waals surface area contributed by atoms with E-state index in [1.165, 1.54) is 17.8 Å². The number of aliphatic hydroxyl groups excluding tert-OH is 2. The molecule has 45 heavy (non-hydrogen) atoms. The summed E-state index contributed by atoms with van der Waals surface area (Å²) in [6.07, 6.45) is 3.70. The van der Waals surface area contributed by atoms with Crippen LogP contribution in [0.4, 0.5) is 10.1 Å². The molecule has 240 valence electrons. The third-order valence-electron chi connectivity index (χ3n) is 11.6. The second-order valence-corrected chi connectivity index (χ2v) is 16.3. The predicted octanol–water partition coefficient (Wildman–Crippen LogP) is 6.94. The maximum atomic E-state index is 17.7. The SMILES string of the molecule is C[C@]12C=CC(=O)C=C1CC[C@H]1[C@@H]3C[C@H]4O[C@@H](c5ccc(CSc6ccc(N)cc6)cc5)O[C@@]4(C(O)SCCl)[C@@]3(C)C[C@H](O)[C@@]12F. The van der Waals surface area contributed by atoms with Gasteiger partial charge >= 0.3 is 0 Å². The quantitative estimate of drug-likeness (QED) is 0.126. The Labute approximate surface area is 277 Å². The number of ketones is 1. The number of carbonyl (C=O) groups excluding carboxylic acids is 1. The van der Waals surface area contributed by atoms with Crippen molar-refractivity contribution in [2.45, 2.75) is 85.4 Å². The number of carbonyl (C=O) groups is 1. The molecule has 0 aromatic heterocycles. The van der Waals surface area contributed by atoms with Crippen molar-refractivity contribution in [3.63, 3.8) is 0 Å². The molecule has 2 aromatic carbocycles. The standard InChI is InChI=1S/C35H39ClFNO5S2/c1-32-14-13-24(39)15-22(32)7-12-26-27-16-29-35(31(41)45-19-36,33(27,2)17-28(40)34(26,32)37)43-30(42-29)21-5-3-20(4-6-21)18-44-25-10-8-23(38)9-11-25/h3-6,8-11,13-15,26-31,40-41H,7,12,16-19,38H2,1-2H3/t26-,27-,28-,29+,30+,31?,32-,33-,34-,35-/m0/s1. The van der Waals surface area contributed by atoms with Crippen LogP contribution in [0.3, 0.4) is 0 Å². The summed E-state index contributed by atoms with van der Waals surface area (Å²) in [5, 5.41) is 23.7. The number of benzene rings is 2. The van der Waals surface area contributed by atoms with Gasteiger partial charge in [-0.2, -0.15) is 0 Å². The van der Waals surface area contributed by atoms with Gasteiger partial charge in [0.05, 0.1) is 17.4 Å². The molecule has 0 spiro atoms. The third-order valence-corrected chi connectivity index (χ3v) is 13.8. The van der Waals surface area contributed by atoms with E-state index in [1.807, 2.05) is 50.2 Å². The lowest BCUT2D eigenvalue weighted by Gasteiger charge is -2.63. The molecule has 2 aromatic rings. The topological polar surface area (TPSA) is 102 Å². The van der Waals surface area contributed by atoms with Crippen LogP contribution in [-0.4, -0.2) is 50.1 Å². The monoisotopic (exact) mass is 671 g/mol. The van der Waals surface area contributed by atoms with Gasteiger partial charge in [-0.05, 0) is 80.5 Å². The van der Waals surface area contributed by atoms with Crippen molar-refractivity contribution < 1.29 is 28.9 Å². The van der Waals surface area contributed by atoms with E-state index in [1.54, 1.807) is 23.9 Å². The predicted molar refractivity (Wildman–Crippen MR) is 176 cm³/mol. The average molecular weight is 672 g/mol. The molecule has 1 saturated heterocycles. The van der Waals surface area contributed by atoms with Crippen LogP contribution in [-0.2, 0) is 20.0 Å². The molecule has 4 fully saturated rings. The molecule has 0 amide bonds. The molecule has 0 bridgehead atoms. The fraction of sp³-hybridized carbons (Fsp3) is 0.514. The first-order valence-corrected chi connectivity index (χ1v) is 18.1. The van der Waals surface area contributed by atoms with Crippen LogP contribution in [0.2, 0.25) is 0 Å². The number of allylic oxidation sites excluding steroid dienone is 4. The van der Waals surface area contributed by atoms with E-state index in [2.05, 4.69) is 12.1 Å². The molecule has 1 aliphatic heterocycles. The third kappa shape index (κ3) is 4.63. The normalized spacial score (nSPS) is 40.7. The fourth-order valence-corrected chi connectivity index (χ4v) is 11.3. The van der Waals surface area contributed by atoms with Crippen molar-refractivity contribution in [1.82, 2.24) is 0 Å². The van der Waals surface area contributed by atoms with E-state index in [4.69, 9.17) is 26.8 Å². The molecule has 1 heterocycles. The first-order valence-electron chi connectivity index (χ1n) is 15.5. The lowest BCUT2D eigenvalue weighted by atomic mass is 9.45. The summed E-state index contributed by atoms with van der Waals surface area (Å²) in [7, 11) is 0. The van der Waals surface area contributed by atoms with E-state index >= 15 is 4.39 Å². The zero-order valence-electron chi connectivity index (χ0n) is 25.3. The van der Waals surface area contributed by atoms with Gasteiger partial charge in [-0.1, -0.05) is 42.8 Å². The minimum Gasteiger partial charge on any atom is -0.399 e. The van der Waals surface area contributed by atoms with Crippen LogP contribution in [0.5, 0.6) is 0 Å². The number of nitrogens with two attached hydrogens (primary N) is 1. The van der Waals surface area contributed by atoms with Gasteiger partial charge < -0.3 is 25.4 Å². The highest BCUT2D eigenvalue weighted by Gasteiger charge is 2.79. The van der Waals surface area contributed by atoms with E-state index in [0.717, 1.165) is 33.0 Å². The molecule has 4 N–H and O–H groups in total. The molecular formula is C35H39ClFNO5S2. The molecule has 10 atom stereocenters. The van der Waals surface area contributed by atoms with E-state index in [-0.39, 0.29) is 23.3 Å². The zero-order chi connectivity index (χ0) is 31.8. The molecule has 7 rings (SSSR count). The Balaban J connectivity index is 1.17. The van der Waals surface area contributed by atoms with Crippen LogP contribution in [0, 0.1) is 22.7 Å². The Morgan fingerprint density at radius 2 is 1.87 bits per heavy atom. The van der Waals surface area contributed by atoms with E-state index in [0.29, 0.717) is 19.3 Å². The number of hydrogen-bond donors (Lipinski definition) is 3. The summed E-state index contributed by atoms with van der Waals surface area (Å²) in [6.45, 7) is 3.83. The number of rotatable bonds is 7. The number of thioether (sulfide) groups is 2. The zero-order valence-corrected chi connectivity index (χ0v) is 27.7. The van der Waals surface area contributed by atoms with Gasteiger partial charge in [-0.3, -0.25) is 4.79 Å². The van der Waals surface area contributed by atoms with Gasteiger partial charge in [-0.25, -0.2) is 4.39 Å². The summed E-state index contributed by atoms with van der Waals surface area (Å²) in [4.78, 5) is 13.3. The molecule has 1 unspecified atom stereocenters. The first-order chi connectivity index (χ1) is 21.5. The summed E-state index contributed by atoms with van der Waals surface area (Å²) in [5.41, 5.74) is 3.16. The van der Waals surface area contributed by atoms with Crippen molar-refractivity contribution in [1.29, 1.82) is 0 Å². The number of fused-ring (bicyclic) bond motifs is 7. The van der Waals surface area contributed by atoms with Crippen molar-refractivity contribution in [2.24, 2.45) is 22.7 Å². The van der Waals surface area contributed by atoms with Crippen LogP contribution >= 0.6 is 35.1 Å². The van der Waals surface area contributed by atoms with Gasteiger partial charge in [0.15, 0.2) is 17.7 Å². The average Bonchev–Trinajstić information content (AvgIpc) is 3.52. The van der Waals surface area contributed by atoms with Gasteiger partial charge in [-0.15, -0.1) is 35.1 Å². The van der Waals surface area contributed by atoms with Gasteiger partial charge in [0.2, 0.25) is 0 Å². The smallest absolute Gasteiger partial charge is 0.185 e. The largest absolute Gasteiger partial charge is 0.399 e.